The van der Waals surface area contributed by atoms with Crippen LogP contribution < -0.4 is 16.0 Å². The lowest BCUT2D eigenvalue weighted by atomic mass is 10.00. The summed E-state index contributed by atoms with van der Waals surface area (Å²) in [5.41, 5.74) is 1.61. The summed E-state index contributed by atoms with van der Waals surface area (Å²) in [6.07, 6.45) is 8.07. The van der Waals surface area contributed by atoms with Gasteiger partial charge in [0, 0.05) is 41.5 Å². The predicted molar refractivity (Wildman–Crippen MR) is 139 cm³/mol. The fourth-order valence-corrected chi connectivity index (χ4v) is 3.78. The highest BCUT2D eigenvalue weighted by Crippen LogP contribution is 2.30. The van der Waals surface area contributed by atoms with E-state index in [0.29, 0.717) is 5.92 Å². The smallest absolute Gasteiger partial charge is 0.251 e. The molecular weight excluding hydrogens is 424 g/mol. The number of nitrogens with zero attached hydrogens (tertiary/aromatic N) is 1. The first-order valence-corrected chi connectivity index (χ1v) is 12.4. The van der Waals surface area contributed by atoms with Crippen LogP contribution in [0.5, 0.6) is 0 Å². The van der Waals surface area contributed by atoms with Gasteiger partial charge in [0.2, 0.25) is 5.91 Å². The van der Waals surface area contributed by atoms with Crippen molar-refractivity contribution < 1.29 is 9.59 Å². The maximum Gasteiger partial charge on any atom is 0.251 e. The SMILES string of the molecule is CC.O=C(NCC1CCCNC1)c1ccccc1.O=C(Nc1ccc2cnccc2c1)C1CC1. The van der Waals surface area contributed by atoms with Crippen molar-refractivity contribution in [2.24, 2.45) is 11.8 Å². The molecule has 2 heterocycles. The van der Waals surface area contributed by atoms with Crippen LogP contribution in [0.2, 0.25) is 0 Å². The van der Waals surface area contributed by atoms with E-state index in [1.165, 1.54) is 12.8 Å². The molecular formula is C28H36N4O2. The summed E-state index contributed by atoms with van der Waals surface area (Å²) in [6, 6.07) is 17.2. The molecule has 34 heavy (non-hydrogen) atoms. The first kappa shape index (κ1) is 25.4. The van der Waals surface area contributed by atoms with Crippen molar-refractivity contribution >= 4 is 28.3 Å². The summed E-state index contributed by atoms with van der Waals surface area (Å²) in [5.74, 6) is 1.01. The van der Waals surface area contributed by atoms with Crippen LogP contribution in [0.25, 0.3) is 10.8 Å². The molecule has 1 aliphatic carbocycles. The van der Waals surface area contributed by atoms with Gasteiger partial charge < -0.3 is 16.0 Å². The molecule has 180 valence electrons. The molecule has 6 nitrogen and oxygen atoms in total. The number of hydrogen-bond acceptors (Lipinski definition) is 4. The number of fused-ring (bicyclic) bond motifs is 1. The van der Waals surface area contributed by atoms with Gasteiger partial charge in [-0.25, -0.2) is 0 Å². The standard InChI is InChI=1S/C13H12N2O.C13H18N2O.C2H6/c16-13(9-1-2-9)15-12-4-3-11-8-14-6-5-10(11)7-12;16-13(12-6-2-1-3-7-12)15-10-11-5-4-8-14-9-11;1-2/h3-9H,1-2H2,(H,15,16);1-3,6-7,11,14H,4-5,8-10H2,(H,15,16);1-2H3. The van der Waals surface area contributed by atoms with E-state index in [1.807, 2.05) is 74.6 Å². The second-order valence-corrected chi connectivity index (χ2v) is 8.49. The molecule has 3 N–H and O–H groups in total. The highest BCUT2D eigenvalue weighted by Gasteiger charge is 2.29. The number of aromatic nitrogens is 1. The molecule has 6 heteroatoms. The van der Waals surface area contributed by atoms with Crippen molar-refractivity contribution in [3.8, 4) is 0 Å². The maximum atomic E-state index is 11.8. The highest BCUT2D eigenvalue weighted by atomic mass is 16.2. The molecule has 1 saturated carbocycles. The van der Waals surface area contributed by atoms with E-state index >= 15 is 0 Å². The molecule has 1 atom stereocenters. The monoisotopic (exact) mass is 460 g/mol. The van der Waals surface area contributed by atoms with Crippen LogP contribution >= 0.6 is 0 Å². The maximum absolute atomic E-state index is 11.8. The predicted octanol–water partition coefficient (Wildman–Crippen LogP) is 5.03. The largest absolute Gasteiger partial charge is 0.352 e. The number of anilines is 1. The minimum atomic E-state index is 0.0335. The Morgan fingerprint density at radius 1 is 1.00 bits per heavy atom. The Morgan fingerprint density at radius 3 is 2.50 bits per heavy atom. The van der Waals surface area contributed by atoms with Crippen LogP contribution in [0.4, 0.5) is 5.69 Å². The van der Waals surface area contributed by atoms with Gasteiger partial charge in [0.15, 0.2) is 0 Å². The van der Waals surface area contributed by atoms with E-state index in [9.17, 15) is 9.59 Å². The number of piperidine rings is 1. The normalized spacial score (nSPS) is 16.8. The minimum Gasteiger partial charge on any atom is -0.352 e. The molecule has 0 spiro atoms. The number of rotatable bonds is 5. The Morgan fingerprint density at radius 2 is 1.79 bits per heavy atom. The van der Waals surface area contributed by atoms with Crippen LogP contribution in [-0.2, 0) is 4.79 Å². The zero-order chi connectivity index (χ0) is 24.2. The zero-order valence-corrected chi connectivity index (χ0v) is 20.2. The Labute approximate surface area is 202 Å². The van der Waals surface area contributed by atoms with Gasteiger partial charge in [-0.1, -0.05) is 38.1 Å². The first-order valence-electron chi connectivity index (χ1n) is 12.4. The number of carbonyl (C=O) groups is 2. The number of amides is 2. The molecule has 3 aromatic rings. The fraction of sp³-hybridized carbons (Fsp3) is 0.393. The lowest BCUT2D eigenvalue weighted by Crippen LogP contribution is -2.38. The Balaban J connectivity index is 0.000000178. The summed E-state index contributed by atoms with van der Waals surface area (Å²) < 4.78 is 0. The van der Waals surface area contributed by atoms with Gasteiger partial charge >= 0.3 is 0 Å². The summed E-state index contributed by atoms with van der Waals surface area (Å²) >= 11 is 0. The van der Waals surface area contributed by atoms with E-state index in [4.69, 9.17) is 0 Å². The van der Waals surface area contributed by atoms with Gasteiger partial charge in [-0.05, 0) is 80.4 Å². The van der Waals surface area contributed by atoms with Crippen LogP contribution in [0.3, 0.4) is 0 Å². The van der Waals surface area contributed by atoms with Gasteiger partial charge in [0.25, 0.3) is 5.91 Å². The lowest BCUT2D eigenvalue weighted by molar-refractivity contribution is -0.117. The molecule has 0 bridgehead atoms. The molecule has 5 rings (SSSR count). The molecule has 1 unspecified atom stereocenters. The van der Waals surface area contributed by atoms with Gasteiger partial charge in [-0.3, -0.25) is 14.6 Å². The molecule has 0 radical (unpaired) electrons. The molecule has 1 aliphatic heterocycles. The number of benzene rings is 2. The summed E-state index contributed by atoms with van der Waals surface area (Å²) in [5, 5.41) is 11.5. The molecule has 2 aliphatic rings. The van der Waals surface area contributed by atoms with Crippen molar-refractivity contribution in [2.45, 2.75) is 39.5 Å². The van der Waals surface area contributed by atoms with E-state index < -0.39 is 0 Å². The van der Waals surface area contributed by atoms with Crippen molar-refractivity contribution in [1.82, 2.24) is 15.6 Å². The van der Waals surface area contributed by atoms with Crippen LogP contribution in [0.1, 0.15) is 49.9 Å². The topological polar surface area (TPSA) is 83.1 Å². The van der Waals surface area contributed by atoms with Crippen molar-refractivity contribution in [1.29, 1.82) is 0 Å². The van der Waals surface area contributed by atoms with Crippen molar-refractivity contribution in [2.75, 3.05) is 25.0 Å². The molecule has 2 aromatic carbocycles. The van der Waals surface area contributed by atoms with Gasteiger partial charge in [0.1, 0.15) is 0 Å². The van der Waals surface area contributed by atoms with E-state index in [-0.39, 0.29) is 17.7 Å². The summed E-state index contributed by atoms with van der Waals surface area (Å²) in [6.45, 7) is 6.92. The summed E-state index contributed by atoms with van der Waals surface area (Å²) in [7, 11) is 0. The number of carbonyl (C=O) groups excluding carboxylic acids is 2. The van der Waals surface area contributed by atoms with Crippen LogP contribution in [0, 0.1) is 11.8 Å². The Kier molecular flexibility index (Phi) is 10.0. The third kappa shape index (κ3) is 7.96. The minimum absolute atomic E-state index is 0.0335. The average molecular weight is 461 g/mol. The zero-order valence-electron chi connectivity index (χ0n) is 20.2. The molecule has 2 fully saturated rings. The van der Waals surface area contributed by atoms with Crippen molar-refractivity contribution in [3.63, 3.8) is 0 Å². The quantitative estimate of drug-likeness (QED) is 0.499. The van der Waals surface area contributed by atoms with Crippen LogP contribution in [-0.4, -0.2) is 36.4 Å². The Hall–Kier alpha value is -3.25. The molecule has 1 saturated heterocycles. The van der Waals surface area contributed by atoms with Crippen molar-refractivity contribution in [3.05, 3.63) is 72.6 Å². The van der Waals surface area contributed by atoms with Gasteiger partial charge in [0.05, 0.1) is 0 Å². The van der Waals surface area contributed by atoms with E-state index in [1.54, 1.807) is 6.20 Å². The molecule has 1 aromatic heterocycles. The highest BCUT2D eigenvalue weighted by molar-refractivity contribution is 5.96. The fourth-order valence-electron chi connectivity index (χ4n) is 3.78. The average Bonchev–Trinajstić information content (AvgIpc) is 3.76. The number of pyridine rings is 1. The van der Waals surface area contributed by atoms with E-state index in [2.05, 4.69) is 20.9 Å². The number of hydrogen-bond donors (Lipinski definition) is 3. The lowest BCUT2D eigenvalue weighted by Gasteiger charge is -2.22. The first-order chi connectivity index (χ1) is 16.7. The second-order valence-electron chi connectivity index (χ2n) is 8.49. The third-order valence-electron chi connectivity index (χ3n) is 5.84. The van der Waals surface area contributed by atoms with E-state index in [0.717, 1.165) is 54.5 Å². The third-order valence-corrected chi connectivity index (χ3v) is 5.84. The second kappa shape index (κ2) is 13.5. The van der Waals surface area contributed by atoms with Gasteiger partial charge in [-0.15, -0.1) is 0 Å². The Bertz CT molecular complexity index is 1040. The van der Waals surface area contributed by atoms with Crippen LogP contribution in [0.15, 0.2) is 67.0 Å². The molecule has 2 amide bonds. The summed E-state index contributed by atoms with van der Waals surface area (Å²) in [4.78, 5) is 27.4. The van der Waals surface area contributed by atoms with Gasteiger partial charge in [-0.2, -0.15) is 0 Å². The number of nitrogens with one attached hydrogen (secondary N) is 3.